The number of guanidine groups is 1. The van der Waals surface area contributed by atoms with Crippen LogP contribution in [0.2, 0.25) is 0 Å². The van der Waals surface area contributed by atoms with Crippen LogP contribution in [0.25, 0.3) is 0 Å². The monoisotopic (exact) mass is 481 g/mol. The summed E-state index contributed by atoms with van der Waals surface area (Å²) in [5, 5.41) is 5.49. The van der Waals surface area contributed by atoms with Crippen LogP contribution in [0.4, 0.5) is 13.2 Å². The van der Waals surface area contributed by atoms with E-state index in [-0.39, 0.29) is 36.4 Å². The van der Waals surface area contributed by atoms with Crippen molar-refractivity contribution < 1.29 is 22.7 Å². The number of methoxy groups -OCH3 is 1. The molecule has 0 unspecified atom stereocenters. The van der Waals surface area contributed by atoms with Crippen LogP contribution in [-0.2, 0) is 9.53 Å². The Hall–Kier alpha value is -0.820. The van der Waals surface area contributed by atoms with Crippen molar-refractivity contribution >= 4 is 35.8 Å². The molecule has 0 atom stereocenters. The average molecular weight is 481 g/mol. The highest BCUT2D eigenvalue weighted by molar-refractivity contribution is 14.0. The van der Waals surface area contributed by atoms with Gasteiger partial charge in [-0.1, -0.05) is 0 Å². The molecule has 0 aromatic heterocycles. The SMILES string of the molecule is CN=C(NCCC(F)(F)F)N1CCN(CC(=O)NCCOC)CC1.I. The Kier molecular flexibility index (Phi) is 12.1. The number of piperazine rings is 1. The maximum Gasteiger partial charge on any atom is 0.390 e. The Morgan fingerprint density at radius 2 is 1.80 bits per heavy atom. The van der Waals surface area contributed by atoms with Crippen LogP contribution in [-0.4, -0.2) is 94.4 Å². The maximum absolute atomic E-state index is 12.2. The highest BCUT2D eigenvalue weighted by atomic mass is 127. The number of hydrogen-bond acceptors (Lipinski definition) is 4. The Morgan fingerprint density at radius 3 is 2.32 bits per heavy atom. The normalized spacial score (nSPS) is 16.4. The standard InChI is InChI=1S/C14H26F3N5O2.HI/c1-18-13(20-4-3-14(15,16)17)22-8-6-21(7-9-22)11-12(23)19-5-10-24-2;/h3-11H2,1-2H3,(H,18,20)(H,19,23);1H. The highest BCUT2D eigenvalue weighted by Crippen LogP contribution is 2.18. The fourth-order valence-electron chi connectivity index (χ4n) is 2.32. The Labute approximate surface area is 163 Å². The number of aliphatic imine (C=N–C) groups is 1. The molecule has 0 spiro atoms. The second-order valence-corrected chi connectivity index (χ2v) is 5.45. The molecule has 1 saturated heterocycles. The number of carbonyl (C=O) groups excluding carboxylic acids is 1. The summed E-state index contributed by atoms with van der Waals surface area (Å²) in [6, 6.07) is 0. The highest BCUT2D eigenvalue weighted by Gasteiger charge is 2.27. The van der Waals surface area contributed by atoms with Gasteiger partial charge in [0.15, 0.2) is 5.96 Å². The van der Waals surface area contributed by atoms with E-state index in [1.807, 2.05) is 9.80 Å². The second-order valence-electron chi connectivity index (χ2n) is 5.45. The first-order valence-corrected chi connectivity index (χ1v) is 7.86. The van der Waals surface area contributed by atoms with Gasteiger partial charge in [0.25, 0.3) is 0 Å². The summed E-state index contributed by atoms with van der Waals surface area (Å²) in [5.74, 6) is 0.400. The van der Waals surface area contributed by atoms with Crippen LogP contribution in [0.5, 0.6) is 0 Å². The molecule has 7 nitrogen and oxygen atoms in total. The molecule has 148 valence electrons. The van der Waals surface area contributed by atoms with Crippen molar-refractivity contribution in [3.8, 4) is 0 Å². The first kappa shape index (κ1) is 24.2. The quantitative estimate of drug-likeness (QED) is 0.240. The molecule has 1 fully saturated rings. The zero-order chi connectivity index (χ0) is 18.0. The van der Waals surface area contributed by atoms with E-state index >= 15 is 0 Å². The van der Waals surface area contributed by atoms with Gasteiger partial charge >= 0.3 is 6.18 Å². The minimum absolute atomic E-state index is 0. The predicted octanol–water partition coefficient (Wildman–Crippen LogP) is 0.512. The van der Waals surface area contributed by atoms with Crippen molar-refractivity contribution in [2.45, 2.75) is 12.6 Å². The van der Waals surface area contributed by atoms with Gasteiger partial charge in [0, 0.05) is 53.4 Å². The molecule has 1 heterocycles. The number of rotatable bonds is 7. The summed E-state index contributed by atoms with van der Waals surface area (Å²) >= 11 is 0. The fraction of sp³-hybridized carbons (Fsp3) is 0.857. The third-order valence-corrected chi connectivity index (χ3v) is 3.57. The molecular formula is C14H27F3IN5O2. The lowest BCUT2D eigenvalue weighted by atomic mass is 10.3. The molecule has 1 aliphatic rings. The van der Waals surface area contributed by atoms with Crippen LogP contribution >= 0.6 is 24.0 Å². The van der Waals surface area contributed by atoms with Gasteiger partial charge in [-0.3, -0.25) is 14.7 Å². The molecule has 0 aromatic rings. The first-order valence-electron chi connectivity index (χ1n) is 7.86. The predicted molar refractivity (Wildman–Crippen MR) is 100 cm³/mol. The van der Waals surface area contributed by atoms with Gasteiger partial charge in [0.2, 0.25) is 5.91 Å². The van der Waals surface area contributed by atoms with Crippen LogP contribution in [0, 0.1) is 0 Å². The number of amides is 1. The molecule has 0 saturated carbocycles. The van der Waals surface area contributed by atoms with E-state index in [0.29, 0.717) is 51.8 Å². The molecule has 1 rings (SSSR count). The molecule has 25 heavy (non-hydrogen) atoms. The molecular weight excluding hydrogens is 454 g/mol. The lowest BCUT2D eigenvalue weighted by Gasteiger charge is -2.36. The van der Waals surface area contributed by atoms with E-state index in [2.05, 4.69) is 15.6 Å². The van der Waals surface area contributed by atoms with Crippen molar-refractivity contribution in [1.29, 1.82) is 0 Å². The van der Waals surface area contributed by atoms with E-state index in [9.17, 15) is 18.0 Å². The molecule has 0 aliphatic carbocycles. The summed E-state index contributed by atoms with van der Waals surface area (Å²) < 4.78 is 41.4. The minimum Gasteiger partial charge on any atom is -0.383 e. The van der Waals surface area contributed by atoms with Gasteiger partial charge in [-0.2, -0.15) is 13.2 Å². The first-order chi connectivity index (χ1) is 11.4. The lowest BCUT2D eigenvalue weighted by Crippen LogP contribution is -2.54. The van der Waals surface area contributed by atoms with Gasteiger partial charge in [0.1, 0.15) is 0 Å². The maximum atomic E-state index is 12.2. The van der Waals surface area contributed by atoms with Crippen molar-refractivity contribution in [3.05, 3.63) is 0 Å². The topological polar surface area (TPSA) is 69.2 Å². The van der Waals surface area contributed by atoms with E-state index < -0.39 is 12.6 Å². The largest absolute Gasteiger partial charge is 0.390 e. The third-order valence-electron chi connectivity index (χ3n) is 3.57. The number of halogens is 4. The van der Waals surface area contributed by atoms with E-state index in [0.717, 1.165) is 0 Å². The smallest absolute Gasteiger partial charge is 0.383 e. The summed E-state index contributed by atoms with van der Waals surface area (Å²) in [6.45, 7) is 3.57. The van der Waals surface area contributed by atoms with E-state index in [1.165, 1.54) is 0 Å². The van der Waals surface area contributed by atoms with E-state index in [4.69, 9.17) is 4.74 Å². The van der Waals surface area contributed by atoms with Crippen LogP contribution < -0.4 is 10.6 Å². The van der Waals surface area contributed by atoms with Crippen molar-refractivity contribution in [3.63, 3.8) is 0 Å². The zero-order valence-electron chi connectivity index (χ0n) is 14.6. The number of ether oxygens (including phenoxy) is 1. The summed E-state index contributed by atoms with van der Waals surface area (Å²) in [7, 11) is 3.12. The number of carbonyl (C=O) groups is 1. The van der Waals surface area contributed by atoms with Gasteiger partial charge in [-0.25, -0.2) is 0 Å². The minimum atomic E-state index is -4.18. The molecule has 11 heteroatoms. The van der Waals surface area contributed by atoms with Gasteiger partial charge in [-0.15, -0.1) is 24.0 Å². The van der Waals surface area contributed by atoms with Crippen LogP contribution in [0.3, 0.4) is 0 Å². The molecule has 0 radical (unpaired) electrons. The summed E-state index contributed by atoms with van der Waals surface area (Å²) in [5.41, 5.74) is 0. The van der Waals surface area contributed by atoms with Gasteiger partial charge < -0.3 is 20.3 Å². The van der Waals surface area contributed by atoms with Crippen LogP contribution in [0.1, 0.15) is 6.42 Å². The van der Waals surface area contributed by atoms with Crippen molar-refractivity contribution in [1.82, 2.24) is 20.4 Å². The van der Waals surface area contributed by atoms with Crippen molar-refractivity contribution in [2.24, 2.45) is 4.99 Å². The van der Waals surface area contributed by atoms with Gasteiger partial charge in [-0.05, 0) is 0 Å². The lowest BCUT2D eigenvalue weighted by molar-refractivity contribution is -0.132. The molecule has 0 bridgehead atoms. The zero-order valence-corrected chi connectivity index (χ0v) is 16.9. The summed E-state index contributed by atoms with van der Waals surface area (Å²) in [4.78, 5) is 19.6. The molecule has 1 amide bonds. The fourth-order valence-corrected chi connectivity index (χ4v) is 2.32. The number of nitrogens with one attached hydrogen (secondary N) is 2. The van der Waals surface area contributed by atoms with Gasteiger partial charge in [0.05, 0.1) is 19.6 Å². The third kappa shape index (κ3) is 10.7. The Bertz CT molecular complexity index is 416. The number of alkyl halides is 3. The molecule has 0 aromatic carbocycles. The van der Waals surface area contributed by atoms with Crippen molar-refractivity contribution in [2.75, 3.05) is 66.6 Å². The molecule has 2 N–H and O–H groups in total. The Balaban J connectivity index is 0.00000576. The number of hydrogen-bond donors (Lipinski definition) is 2. The Morgan fingerprint density at radius 1 is 1.16 bits per heavy atom. The van der Waals surface area contributed by atoms with Crippen LogP contribution in [0.15, 0.2) is 4.99 Å². The number of nitrogens with zero attached hydrogens (tertiary/aromatic N) is 3. The molecule has 1 aliphatic heterocycles. The average Bonchev–Trinajstić information content (AvgIpc) is 2.52. The van der Waals surface area contributed by atoms with E-state index in [1.54, 1.807) is 14.2 Å². The summed E-state index contributed by atoms with van der Waals surface area (Å²) in [6.07, 6.45) is -5.08. The second kappa shape index (κ2) is 12.5.